The van der Waals surface area contributed by atoms with Crippen molar-refractivity contribution in [2.45, 2.75) is 70.6 Å². The van der Waals surface area contributed by atoms with Crippen molar-refractivity contribution in [3.8, 4) is 0 Å². The summed E-state index contributed by atoms with van der Waals surface area (Å²) in [4.78, 5) is 33.1. The van der Waals surface area contributed by atoms with Crippen molar-refractivity contribution in [3.05, 3.63) is 111 Å². The molecule has 1 amide bonds. The number of unbranched alkanes of at least 4 members (excludes halogenated alkanes) is 2. The SMILES string of the molecule is CCCCC[C@H]1C[C@H](NCc2ccc(F)cc2)C[C@@H]2[C@H]1C(=O)c1cc(CN=[N+]=[N-])ccc1N2C(=O)c1ccccc1. The Hall–Kier alpha value is -4.00. The van der Waals surface area contributed by atoms with Crippen LogP contribution in [0.2, 0.25) is 0 Å². The van der Waals surface area contributed by atoms with Gasteiger partial charge >= 0.3 is 0 Å². The Morgan fingerprint density at radius 2 is 1.80 bits per heavy atom. The first-order valence-corrected chi connectivity index (χ1v) is 14.5. The summed E-state index contributed by atoms with van der Waals surface area (Å²) in [5, 5.41) is 7.35. The zero-order valence-electron chi connectivity index (χ0n) is 23.4. The number of amides is 1. The number of hydrogen-bond donors (Lipinski definition) is 1. The lowest BCUT2D eigenvalue weighted by atomic mass is 9.66. The summed E-state index contributed by atoms with van der Waals surface area (Å²) in [6, 6.07) is 21.0. The van der Waals surface area contributed by atoms with E-state index in [1.807, 2.05) is 47.4 Å². The molecular formula is C33H36FN5O2. The second kappa shape index (κ2) is 13.1. The van der Waals surface area contributed by atoms with Crippen molar-refractivity contribution in [2.75, 3.05) is 4.90 Å². The number of hydrogen-bond acceptors (Lipinski definition) is 4. The van der Waals surface area contributed by atoms with Crippen molar-refractivity contribution < 1.29 is 14.0 Å². The van der Waals surface area contributed by atoms with Gasteiger partial charge in [0.25, 0.3) is 5.91 Å². The molecule has 3 aromatic rings. The maximum Gasteiger partial charge on any atom is 0.258 e. The van der Waals surface area contributed by atoms with Crippen LogP contribution >= 0.6 is 0 Å². The third-order valence-electron chi connectivity index (χ3n) is 8.50. The summed E-state index contributed by atoms with van der Waals surface area (Å²) in [5.74, 6) is -0.515. The van der Waals surface area contributed by atoms with Gasteiger partial charge in [0.05, 0.1) is 12.2 Å². The predicted molar refractivity (Wildman–Crippen MR) is 158 cm³/mol. The summed E-state index contributed by atoms with van der Waals surface area (Å²) in [6.07, 6.45) is 5.59. The average Bonchev–Trinajstić information content (AvgIpc) is 3.00. The molecule has 5 rings (SSSR count). The van der Waals surface area contributed by atoms with E-state index in [-0.39, 0.29) is 48.0 Å². The van der Waals surface area contributed by atoms with E-state index in [9.17, 15) is 14.0 Å². The first-order chi connectivity index (χ1) is 20.0. The Morgan fingerprint density at radius 1 is 1.05 bits per heavy atom. The fourth-order valence-corrected chi connectivity index (χ4v) is 6.54. The minimum atomic E-state index is -0.314. The highest BCUT2D eigenvalue weighted by Crippen LogP contribution is 2.46. The quantitative estimate of drug-likeness (QED) is 0.121. The fourth-order valence-electron chi connectivity index (χ4n) is 6.54. The molecule has 3 aromatic carbocycles. The van der Waals surface area contributed by atoms with E-state index in [4.69, 9.17) is 5.53 Å². The summed E-state index contributed by atoms with van der Waals surface area (Å²) < 4.78 is 13.5. The molecule has 212 valence electrons. The number of ketones is 1. The van der Waals surface area contributed by atoms with E-state index < -0.39 is 0 Å². The summed E-state index contributed by atoms with van der Waals surface area (Å²) in [7, 11) is 0. The molecule has 1 heterocycles. The van der Waals surface area contributed by atoms with Crippen molar-refractivity contribution in [1.29, 1.82) is 0 Å². The maximum atomic E-state index is 14.2. The largest absolute Gasteiger partial charge is 0.310 e. The van der Waals surface area contributed by atoms with Gasteiger partial charge in [-0.3, -0.25) is 9.59 Å². The number of nitrogens with one attached hydrogen (secondary N) is 1. The normalized spacial score (nSPS) is 21.5. The molecule has 0 aromatic heterocycles. The molecule has 2 aliphatic rings. The summed E-state index contributed by atoms with van der Waals surface area (Å²) in [5.41, 5.74) is 12.3. The minimum Gasteiger partial charge on any atom is -0.310 e. The molecule has 7 nitrogen and oxygen atoms in total. The number of azide groups is 1. The molecule has 0 unspecified atom stereocenters. The number of anilines is 1. The lowest BCUT2D eigenvalue weighted by Gasteiger charge is -2.49. The predicted octanol–water partition coefficient (Wildman–Crippen LogP) is 7.61. The van der Waals surface area contributed by atoms with E-state index in [0.29, 0.717) is 29.8 Å². The molecule has 0 bridgehead atoms. The van der Waals surface area contributed by atoms with Crippen LogP contribution in [-0.2, 0) is 13.1 Å². The van der Waals surface area contributed by atoms with Gasteiger partial charge in [-0.25, -0.2) is 4.39 Å². The minimum absolute atomic E-state index is 0.0726. The highest BCUT2D eigenvalue weighted by atomic mass is 19.1. The second-order valence-electron chi connectivity index (χ2n) is 11.2. The standard InChI is InChI=1S/C33H36FN5O2/c1-2-3-5-10-25-18-27(36-20-22-11-14-26(34)15-12-22)19-30-31(25)32(40)28-17-23(21-37-38-35)13-16-29(28)39(30)33(41)24-8-6-4-7-9-24/h4,6-9,11-17,25,27,30-31,36H,2-3,5,10,18-21H2,1H3/t25-,27-,30+,31-/m0/s1. The Morgan fingerprint density at radius 3 is 2.54 bits per heavy atom. The first-order valence-electron chi connectivity index (χ1n) is 14.5. The zero-order valence-corrected chi connectivity index (χ0v) is 23.4. The first kappa shape index (κ1) is 28.5. The Bertz CT molecular complexity index is 1420. The molecule has 41 heavy (non-hydrogen) atoms. The van der Waals surface area contributed by atoms with Crippen molar-refractivity contribution in [3.63, 3.8) is 0 Å². The summed E-state index contributed by atoms with van der Waals surface area (Å²) >= 11 is 0. The lowest BCUT2D eigenvalue weighted by molar-refractivity contribution is 0.0693. The van der Waals surface area contributed by atoms with Gasteiger partial charge in [0.2, 0.25) is 0 Å². The molecule has 4 atom stereocenters. The van der Waals surface area contributed by atoms with Gasteiger partial charge in [-0.05, 0) is 78.2 Å². The number of fused-ring (bicyclic) bond motifs is 2. The van der Waals surface area contributed by atoms with Gasteiger partial charge in [0, 0.05) is 40.6 Å². The van der Waals surface area contributed by atoms with Crippen molar-refractivity contribution >= 4 is 17.4 Å². The summed E-state index contributed by atoms with van der Waals surface area (Å²) in [6.45, 7) is 2.90. The van der Waals surface area contributed by atoms with Gasteiger partial charge in [0.15, 0.2) is 5.78 Å². The smallest absolute Gasteiger partial charge is 0.258 e. The number of halogens is 1. The Kier molecular flexibility index (Phi) is 9.12. The number of Topliss-reactive ketones (excluding diaryl/α,β-unsaturated/α-hetero) is 1. The third kappa shape index (κ3) is 6.34. The molecular weight excluding hydrogens is 517 g/mol. The monoisotopic (exact) mass is 553 g/mol. The number of nitrogens with zero attached hydrogens (tertiary/aromatic N) is 4. The fraction of sp³-hybridized carbons (Fsp3) is 0.394. The molecule has 8 heteroatoms. The van der Waals surface area contributed by atoms with Crippen LogP contribution in [0.5, 0.6) is 0 Å². The Balaban J connectivity index is 1.53. The molecule has 0 spiro atoms. The molecule has 1 N–H and O–H groups in total. The second-order valence-corrected chi connectivity index (χ2v) is 11.2. The molecule has 1 aliphatic heterocycles. The highest BCUT2D eigenvalue weighted by molar-refractivity contribution is 6.15. The van der Waals surface area contributed by atoms with Crippen LogP contribution in [0.1, 0.15) is 77.3 Å². The number of carbonyl (C=O) groups excluding carboxylic acids is 2. The van der Waals surface area contributed by atoms with E-state index in [1.54, 1.807) is 18.2 Å². The average molecular weight is 554 g/mol. The Labute approximate surface area is 240 Å². The molecule has 0 radical (unpaired) electrons. The highest BCUT2D eigenvalue weighted by Gasteiger charge is 2.50. The van der Waals surface area contributed by atoms with Crippen molar-refractivity contribution in [1.82, 2.24) is 5.32 Å². The van der Waals surface area contributed by atoms with E-state index >= 15 is 0 Å². The van der Waals surface area contributed by atoms with E-state index in [0.717, 1.165) is 43.2 Å². The third-order valence-corrected chi connectivity index (χ3v) is 8.50. The number of carbonyl (C=O) groups is 2. The van der Waals surface area contributed by atoms with Gasteiger partial charge in [-0.2, -0.15) is 0 Å². The molecule has 1 fully saturated rings. The maximum absolute atomic E-state index is 14.2. The van der Waals surface area contributed by atoms with Crippen LogP contribution in [0.25, 0.3) is 10.4 Å². The van der Waals surface area contributed by atoms with Crippen LogP contribution in [0, 0.1) is 17.7 Å². The lowest BCUT2D eigenvalue weighted by Crippen LogP contribution is -2.59. The van der Waals surface area contributed by atoms with Gasteiger partial charge in [-0.1, -0.05) is 67.7 Å². The van der Waals surface area contributed by atoms with Crippen LogP contribution in [-0.4, -0.2) is 23.8 Å². The molecule has 0 saturated heterocycles. The van der Waals surface area contributed by atoms with Gasteiger partial charge in [-0.15, -0.1) is 0 Å². The van der Waals surface area contributed by atoms with Gasteiger partial charge in [0.1, 0.15) is 5.82 Å². The number of rotatable bonds is 10. The van der Waals surface area contributed by atoms with Gasteiger partial charge < -0.3 is 10.2 Å². The van der Waals surface area contributed by atoms with E-state index in [1.165, 1.54) is 12.1 Å². The topological polar surface area (TPSA) is 98.2 Å². The zero-order chi connectivity index (χ0) is 28.8. The van der Waals surface area contributed by atoms with Crippen LogP contribution < -0.4 is 10.2 Å². The van der Waals surface area contributed by atoms with Crippen LogP contribution in [0.4, 0.5) is 10.1 Å². The number of benzene rings is 3. The molecule has 1 saturated carbocycles. The van der Waals surface area contributed by atoms with Crippen LogP contribution in [0.15, 0.2) is 77.9 Å². The van der Waals surface area contributed by atoms with Crippen molar-refractivity contribution in [2.24, 2.45) is 17.0 Å². The van der Waals surface area contributed by atoms with E-state index in [2.05, 4.69) is 22.3 Å². The molecule has 1 aliphatic carbocycles. The van der Waals surface area contributed by atoms with Crippen LogP contribution in [0.3, 0.4) is 0 Å².